The van der Waals surface area contributed by atoms with Gasteiger partial charge in [0.15, 0.2) is 11.7 Å². The maximum Gasteiger partial charge on any atom is 0.303 e. The molecule has 1 aromatic carbocycles. The molecule has 2 atom stereocenters. The molecule has 3 rings (SSSR count). The van der Waals surface area contributed by atoms with E-state index in [9.17, 15) is 19.2 Å². The van der Waals surface area contributed by atoms with Crippen molar-refractivity contribution < 1.29 is 27.1 Å². The van der Waals surface area contributed by atoms with Crippen molar-refractivity contribution in [3.63, 3.8) is 0 Å². The SMILES string of the molecule is CC(CC(=O)O)C1CC(=O)Nc2ccc(NC(=O)C3CCN(C(=N)N)CC3)cc2C1=O.[HH].[HH]. The molecule has 0 bridgehead atoms. The number of nitrogens with one attached hydrogen (secondary N) is 3. The van der Waals surface area contributed by atoms with Crippen molar-refractivity contribution in [2.75, 3.05) is 23.7 Å². The molecular formula is C21H31N5O5. The van der Waals surface area contributed by atoms with Gasteiger partial charge in [0.1, 0.15) is 0 Å². The highest BCUT2D eigenvalue weighted by atomic mass is 16.4. The molecule has 10 nitrogen and oxygen atoms in total. The van der Waals surface area contributed by atoms with Crippen LogP contribution in [0.25, 0.3) is 0 Å². The van der Waals surface area contributed by atoms with Gasteiger partial charge in [-0.3, -0.25) is 24.6 Å². The molecule has 0 saturated carbocycles. The van der Waals surface area contributed by atoms with Crippen molar-refractivity contribution in [2.45, 2.75) is 32.6 Å². The first-order chi connectivity index (χ1) is 14.7. The molecule has 31 heavy (non-hydrogen) atoms. The summed E-state index contributed by atoms with van der Waals surface area (Å²) in [6.07, 6.45) is 0.840. The van der Waals surface area contributed by atoms with E-state index in [1.54, 1.807) is 24.0 Å². The number of hydrogen-bond donors (Lipinski definition) is 5. The Bertz CT molecular complexity index is 934. The maximum atomic E-state index is 13.1. The standard InChI is InChI=1S/C21H27N5O5.2H2/c1-11(8-18(28)29)14-10-17(27)25-16-3-2-13(9-15(16)19(14)30)24-20(31)12-4-6-26(7-5-12)21(22)23;;/h2-3,9,11-12,14H,4-8,10H2,1H3,(H3,22,23)(H,24,31)(H,25,27)(H,28,29);2*1H. The van der Waals surface area contributed by atoms with Crippen molar-refractivity contribution in [3.8, 4) is 0 Å². The second-order valence-electron chi connectivity index (χ2n) is 8.19. The van der Waals surface area contributed by atoms with E-state index in [1.165, 1.54) is 6.07 Å². The number of aliphatic carboxylic acids is 1. The molecule has 6 N–H and O–H groups in total. The normalized spacial score (nSPS) is 20.3. The fraction of sp³-hybridized carbons (Fsp3) is 0.476. The molecule has 2 heterocycles. The smallest absolute Gasteiger partial charge is 0.303 e. The number of fused-ring (bicyclic) bond motifs is 1. The zero-order chi connectivity index (χ0) is 22.7. The second kappa shape index (κ2) is 9.15. The molecule has 1 saturated heterocycles. The lowest BCUT2D eigenvalue weighted by Gasteiger charge is -2.31. The molecule has 0 radical (unpaired) electrons. The summed E-state index contributed by atoms with van der Waals surface area (Å²) in [7, 11) is 0. The number of hydrogen-bond acceptors (Lipinski definition) is 5. The van der Waals surface area contributed by atoms with Crippen LogP contribution >= 0.6 is 0 Å². The molecule has 2 aliphatic heterocycles. The first kappa shape index (κ1) is 22.3. The number of amides is 2. The van der Waals surface area contributed by atoms with Gasteiger partial charge in [0, 0.05) is 51.9 Å². The van der Waals surface area contributed by atoms with E-state index >= 15 is 0 Å². The van der Waals surface area contributed by atoms with Gasteiger partial charge in [-0.1, -0.05) is 6.92 Å². The fourth-order valence-corrected chi connectivity index (χ4v) is 4.13. The highest BCUT2D eigenvalue weighted by Gasteiger charge is 2.34. The van der Waals surface area contributed by atoms with Crippen LogP contribution in [0.1, 0.15) is 45.8 Å². The molecule has 0 aromatic heterocycles. The summed E-state index contributed by atoms with van der Waals surface area (Å²) in [5.74, 6) is -3.35. The monoisotopic (exact) mass is 433 g/mol. The van der Waals surface area contributed by atoms with Gasteiger partial charge in [0.2, 0.25) is 11.8 Å². The van der Waals surface area contributed by atoms with Gasteiger partial charge in [-0.15, -0.1) is 0 Å². The number of benzene rings is 1. The van der Waals surface area contributed by atoms with Crippen LogP contribution in [0.15, 0.2) is 18.2 Å². The number of piperidine rings is 1. The lowest BCUT2D eigenvalue weighted by molar-refractivity contribution is -0.138. The molecule has 10 heteroatoms. The minimum Gasteiger partial charge on any atom is -0.481 e. The quantitative estimate of drug-likeness (QED) is 0.350. The third-order valence-electron chi connectivity index (χ3n) is 5.96. The predicted octanol–water partition coefficient (Wildman–Crippen LogP) is 1.97. The number of likely N-dealkylation sites (tertiary alicyclic amines) is 1. The topological polar surface area (TPSA) is 166 Å². The highest BCUT2D eigenvalue weighted by Crippen LogP contribution is 2.33. The van der Waals surface area contributed by atoms with Crippen molar-refractivity contribution >= 4 is 40.9 Å². The maximum absolute atomic E-state index is 13.1. The van der Waals surface area contributed by atoms with Crippen LogP contribution in [-0.2, 0) is 14.4 Å². The summed E-state index contributed by atoms with van der Waals surface area (Å²) in [5.41, 5.74) is 6.54. The van der Waals surface area contributed by atoms with Gasteiger partial charge in [-0.2, -0.15) is 0 Å². The summed E-state index contributed by atoms with van der Waals surface area (Å²) < 4.78 is 0. The van der Waals surface area contributed by atoms with Crippen LogP contribution in [0, 0.1) is 23.2 Å². The molecule has 2 amide bonds. The van der Waals surface area contributed by atoms with Crippen LogP contribution < -0.4 is 16.4 Å². The lowest BCUT2D eigenvalue weighted by atomic mass is 9.83. The van der Waals surface area contributed by atoms with Gasteiger partial charge < -0.3 is 26.4 Å². The van der Waals surface area contributed by atoms with E-state index in [-0.39, 0.29) is 50.7 Å². The number of guanidine groups is 1. The Hall–Kier alpha value is -3.43. The Morgan fingerprint density at radius 1 is 1.35 bits per heavy atom. The van der Waals surface area contributed by atoms with E-state index in [4.69, 9.17) is 16.2 Å². The molecule has 0 spiro atoms. The minimum absolute atomic E-state index is 0. The van der Waals surface area contributed by atoms with E-state index in [0.29, 0.717) is 37.3 Å². The average molecular weight is 434 g/mol. The minimum atomic E-state index is -1.03. The zero-order valence-corrected chi connectivity index (χ0v) is 17.3. The lowest BCUT2D eigenvalue weighted by Crippen LogP contribution is -2.44. The number of carboxylic acids is 1. The van der Waals surface area contributed by atoms with Crippen LogP contribution in [0.5, 0.6) is 0 Å². The van der Waals surface area contributed by atoms with Crippen LogP contribution in [0.4, 0.5) is 11.4 Å². The van der Waals surface area contributed by atoms with Gasteiger partial charge >= 0.3 is 5.97 Å². The molecule has 1 aromatic rings. The molecular weight excluding hydrogens is 402 g/mol. The van der Waals surface area contributed by atoms with Gasteiger partial charge in [-0.05, 0) is 37.0 Å². The molecule has 2 aliphatic rings. The zero-order valence-electron chi connectivity index (χ0n) is 17.3. The number of nitrogens with zero attached hydrogens (tertiary/aromatic N) is 1. The summed E-state index contributed by atoms with van der Waals surface area (Å²) in [4.78, 5) is 50.8. The van der Waals surface area contributed by atoms with Crippen LogP contribution in [-0.4, -0.2) is 52.6 Å². The molecule has 0 aliphatic carbocycles. The Morgan fingerprint density at radius 2 is 2.03 bits per heavy atom. The van der Waals surface area contributed by atoms with E-state index < -0.39 is 17.8 Å². The number of ketones is 1. The third-order valence-corrected chi connectivity index (χ3v) is 5.96. The van der Waals surface area contributed by atoms with Gasteiger partial charge in [0.25, 0.3) is 0 Å². The van der Waals surface area contributed by atoms with Gasteiger partial charge in [-0.25, -0.2) is 0 Å². The Labute approximate surface area is 182 Å². The van der Waals surface area contributed by atoms with Crippen molar-refractivity contribution in [1.29, 1.82) is 5.41 Å². The summed E-state index contributed by atoms with van der Waals surface area (Å²) in [5, 5.41) is 22.1. The second-order valence-corrected chi connectivity index (χ2v) is 8.19. The van der Waals surface area contributed by atoms with Gasteiger partial charge in [0.05, 0.1) is 5.69 Å². The predicted molar refractivity (Wildman–Crippen MR) is 118 cm³/mol. The number of carboxylic acid groups (broad SMARTS) is 1. The Balaban J connectivity index is 0.00000272. The fourth-order valence-electron chi connectivity index (χ4n) is 4.13. The van der Waals surface area contributed by atoms with Crippen molar-refractivity contribution in [1.82, 2.24) is 4.90 Å². The number of carbonyl (C=O) groups excluding carboxylic acids is 3. The number of nitrogens with two attached hydrogens (primary N) is 1. The molecule has 170 valence electrons. The van der Waals surface area contributed by atoms with Crippen molar-refractivity contribution in [3.05, 3.63) is 23.8 Å². The van der Waals surface area contributed by atoms with E-state index in [1.807, 2.05) is 0 Å². The van der Waals surface area contributed by atoms with E-state index in [0.717, 1.165) is 0 Å². The number of Topliss-reactive ketones (excluding diaryl/α,β-unsaturated/α-hetero) is 1. The Kier molecular flexibility index (Phi) is 6.57. The largest absolute Gasteiger partial charge is 0.481 e. The first-order valence-electron chi connectivity index (χ1n) is 10.3. The third kappa shape index (κ3) is 5.19. The summed E-state index contributed by atoms with van der Waals surface area (Å²) in [6, 6.07) is 4.73. The number of rotatable bonds is 5. The highest BCUT2D eigenvalue weighted by molar-refractivity contribution is 6.11. The summed E-state index contributed by atoms with van der Waals surface area (Å²) in [6.45, 7) is 2.71. The van der Waals surface area contributed by atoms with Crippen LogP contribution in [0.3, 0.4) is 0 Å². The first-order valence-corrected chi connectivity index (χ1v) is 10.3. The van der Waals surface area contributed by atoms with Crippen LogP contribution in [0.2, 0.25) is 0 Å². The van der Waals surface area contributed by atoms with E-state index in [2.05, 4.69) is 10.6 Å². The number of carbonyl (C=O) groups is 4. The molecule has 1 fully saturated rings. The molecule has 2 unspecified atom stereocenters. The van der Waals surface area contributed by atoms with Crippen molar-refractivity contribution in [2.24, 2.45) is 23.5 Å². The number of anilines is 2. The Morgan fingerprint density at radius 3 is 2.65 bits per heavy atom. The summed E-state index contributed by atoms with van der Waals surface area (Å²) >= 11 is 0. The average Bonchev–Trinajstić information content (AvgIpc) is 2.83.